The Morgan fingerprint density at radius 1 is 0.886 bits per heavy atom. The molecule has 0 saturated heterocycles. The molecule has 3 rings (SSSR count). The molecule has 8 nitrogen and oxygen atoms in total. The molecule has 3 aromatic rings. The molecule has 3 aromatic carbocycles. The van der Waals surface area contributed by atoms with E-state index < -0.39 is 18.3 Å². The van der Waals surface area contributed by atoms with Gasteiger partial charge in [-0.3, -0.25) is 10.1 Å². The van der Waals surface area contributed by atoms with Crippen LogP contribution in [0.25, 0.3) is 0 Å². The van der Waals surface area contributed by atoms with Gasteiger partial charge in [-0.2, -0.15) is 0 Å². The van der Waals surface area contributed by atoms with Gasteiger partial charge in [0.2, 0.25) is 0 Å². The van der Waals surface area contributed by atoms with Gasteiger partial charge in [0.1, 0.15) is 24.2 Å². The Balaban J connectivity index is 1.89. The minimum absolute atomic E-state index is 0.0582. The van der Waals surface area contributed by atoms with Gasteiger partial charge in [0.25, 0.3) is 0 Å². The number of carbonyl (C=O) groups excluding carboxylic acids is 2. The predicted octanol–water partition coefficient (Wildman–Crippen LogP) is 4.38. The van der Waals surface area contributed by atoms with Gasteiger partial charge in [0.15, 0.2) is 11.9 Å². The van der Waals surface area contributed by atoms with E-state index in [9.17, 15) is 19.8 Å². The molecule has 0 unspecified atom stereocenters. The van der Waals surface area contributed by atoms with Crippen LogP contribution in [-0.2, 0) is 4.74 Å². The van der Waals surface area contributed by atoms with Crippen LogP contribution in [0.1, 0.15) is 35.4 Å². The van der Waals surface area contributed by atoms with Crippen molar-refractivity contribution in [3.63, 3.8) is 0 Å². The van der Waals surface area contributed by atoms with E-state index in [-0.39, 0.29) is 32.0 Å². The first-order chi connectivity index (χ1) is 17.0. The van der Waals surface area contributed by atoms with E-state index in [1.54, 1.807) is 60.7 Å². The molecular formula is C27H29NO7. The number of hydrogen-bond acceptors (Lipinski definition) is 7. The van der Waals surface area contributed by atoms with Crippen molar-refractivity contribution in [3.8, 4) is 11.5 Å². The zero-order valence-corrected chi connectivity index (χ0v) is 19.4. The molecular weight excluding hydrogens is 450 g/mol. The number of ketones is 1. The molecule has 0 aliphatic rings. The highest BCUT2D eigenvalue weighted by molar-refractivity contribution is 5.95. The second-order valence-corrected chi connectivity index (χ2v) is 7.68. The summed E-state index contributed by atoms with van der Waals surface area (Å²) in [6, 6.07) is 22.5. The van der Waals surface area contributed by atoms with Gasteiger partial charge in [-0.05, 0) is 49.4 Å². The van der Waals surface area contributed by atoms with Crippen molar-refractivity contribution in [1.82, 2.24) is 0 Å². The molecule has 0 radical (unpaired) electrons. The van der Waals surface area contributed by atoms with Crippen LogP contribution in [0, 0.1) is 0 Å². The lowest BCUT2D eigenvalue weighted by Gasteiger charge is -2.29. The first-order valence-corrected chi connectivity index (χ1v) is 11.3. The maximum atomic E-state index is 12.9. The van der Waals surface area contributed by atoms with Crippen molar-refractivity contribution < 1.29 is 34.0 Å². The first kappa shape index (κ1) is 25.7. The van der Waals surface area contributed by atoms with Gasteiger partial charge in [-0.15, -0.1) is 0 Å². The lowest BCUT2D eigenvalue weighted by atomic mass is 10.0. The molecule has 3 N–H and O–H groups in total. The number of anilines is 1. The van der Waals surface area contributed by atoms with Gasteiger partial charge in [-0.25, -0.2) is 4.79 Å². The van der Waals surface area contributed by atoms with Crippen LogP contribution in [0.4, 0.5) is 10.5 Å². The first-order valence-electron chi connectivity index (χ1n) is 11.3. The Bertz CT molecular complexity index is 1090. The topological polar surface area (TPSA) is 114 Å². The fourth-order valence-corrected chi connectivity index (χ4v) is 3.47. The van der Waals surface area contributed by atoms with Gasteiger partial charge in [0, 0.05) is 29.8 Å². The molecule has 2 atom stereocenters. The van der Waals surface area contributed by atoms with E-state index in [4.69, 9.17) is 14.2 Å². The zero-order valence-electron chi connectivity index (χ0n) is 19.4. The average molecular weight is 480 g/mol. The molecule has 0 heterocycles. The Morgan fingerprint density at radius 3 is 2.23 bits per heavy atom. The molecule has 184 valence electrons. The lowest BCUT2D eigenvalue weighted by Crippen LogP contribution is -2.32. The quantitative estimate of drug-likeness (QED) is 0.330. The molecule has 0 spiro atoms. The van der Waals surface area contributed by atoms with Crippen molar-refractivity contribution in [2.45, 2.75) is 25.6 Å². The third-order valence-electron chi connectivity index (χ3n) is 5.13. The van der Waals surface area contributed by atoms with E-state index >= 15 is 0 Å². The monoisotopic (exact) mass is 479 g/mol. The van der Waals surface area contributed by atoms with Crippen LogP contribution >= 0.6 is 0 Å². The Morgan fingerprint density at radius 2 is 1.57 bits per heavy atom. The molecule has 0 bridgehead atoms. The smallest absolute Gasteiger partial charge is 0.412 e. The maximum Gasteiger partial charge on any atom is 0.412 e. The predicted molar refractivity (Wildman–Crippen MR) is 131 cm³/mol. The second-order valence-electron chi connectivity index (χ2n) is 7.68. The third-order valence-corrected chi connectivity index (χ3v) is 5.13. The highest BCUT2D eigenvalue weighted by atomic mass is 16.6. The summed E-state index contributed by atoms with van der Waals surface area (Å²) in [6.07, 6.45) is -2.27. The standard InChI is InChI=1S/C27H29NO7/c1-19(31)20-11-13-21(14-12-20)28-27(32)35-26(23-9-5-6-10-24(23)33-18-17-30)25(15-16-29)34-22-7-3-2-4-8-22/h2-14,25-26,29-30H,15-18H2,1H3,(H,28,32)/t25-,26-/m0/s1. The van der Waals surface area contributed by atoms with E-state index in [0.29, 0.717) is 28.3 Å². The van der Waals surface area contributed by atoms with Crippen LogP contribution in [0.3, 0.4) is 0 Å². The van der Waals surface area contributed by atoms with Crippen molar-refractivity contribution >= 4 is 17.6 Å². The number of aliphatic hydroxyl groups is 2. The molecule has 35 heavy (non-hydrogen) atoms. The number of aliphatic hydroxyl groups excluding tert-OH is 2. The van der Waals surface area contributed by atoms with E-state index in [1.165, 1.54) is 6.92 Å². The SMILES string of the molecule is CC(=O)c1ccc(NC(=O)O[C@@H](c2ccccc2OCCO)[C@H](CCO)Oc2ccccc2)cc1. The number of nitrogens with one attached hydrogen (secondary N) is 1. The number of para-hydroxylation sites is 2. The summed E-state index contributed by atoms with van der Waals surface area (Å²) in [5, 5.41) is 21.6. The molecule has 0 aliphatic carbocycles. The van der Waals surface area contributed by atoms with Crippen molar-refractivity contribution in [2.75, 3.05) is 25.1 Å². The normalized spacial score (nSPS) is 12.3. The summed E-state index contributed by atoms with van der Waals surface area (Å²) >= 11 is 0. The molecule has 8 heteroatoms. The minimum atomic E-state index is -0.950. The van der Waals surface area contributed by atoms with Crippen molar-refractivity contribution in [2.24, 2.45) is 0 Å². The van der Waals surface area contributed by atoms with Crippen LogP contribution < -0.4 is 14.8 Å². The Kier molecular flexibility index (Phi) is 9.65. The molecule has 1 amide bonds. The van der Waals surface area contributed by atoms with Gasteiger partial charge in [-0.1, -0.05) is 36.4 Å². The van der Waals surface area contributed by atoms with Crippen LogP contribution in [0.5, 0.6) is 11.5 Å². The van der Waals surface area contributed by atoms with Crippen LogP contribution in [0.15, 0.2) is 78.9 Å². The summed E-state index contributed by atoms with van der Waals surface area (Å²) in [7, 11) is 0. The van der Waals surface area contributed by atoms with E-state index in [0.717, 1.165) is 0 Å². The number of amides is 1. The van der Waals surface area contributed by atoms with Crippen LogP contribution in [0.2, 0.25) is 0 Å². The number of benzene rings is 3. The van der Waals surface area contributed by atoms with E-state index in [2.05, 4.69) is 5.32 Å². The highest BCUT2D eigenvalue weighted by Gasteiger charge is 2.31. The molecule has 0 aliphatic heterocycles. The highest BCUT2D eigenvalue weighted by Crippen LogP contribution is 2.34. The number of ether oxygens (including phenoxy) is 3. The third kappa shape index (κ3) is 7.56. The summed E-state index contributed by atoms with van der Waals surface area (Å²) < 4.78 is 17.6. The number of carbonyl (C=O) groups is 2. The molecule has 0 aromatic heterocycles. The maximum absolute atomic E-state index is 12.9. The van der Waals surface area contributed by atoms with Gasteiger partial charge in [0.05, 0.1) is 6.61 Å². The Hall–Kier alpha value is -3.88. The molecule has 0 fully saturated rings. The largest absolute Gasteiger partial charge is 0.491 e. The van der Waals surface area contributed by atoms with E-state index in [1.807, 2.05) is 18.2 Å². The van der Waals surface area contributed by atoms with Gasteiger partial charge >= 0.3 is 6.09 Å². The number of hydrogen-bond donors (Lipinski definition) is 3. The minimum Gasteiger partial charge on any atom is -0.491 e. The molecule has 0 saturated carbocycles. The average Bonchev–Trinajstić information content (AvgIpc) is 2.87. The van der Waals surface area contributed by atoms with Crippen molar-refractivity contribution in [1.29, 1.82) is 0 Å². The summed E-state index contributed by atoms with van der Waals surface area (Å²) in [5.41, 5.74) is 1.50. The number of rotatable bonds is 12. The summed E-state index contributed by atoms with van der Waals surface area (Å²) in [5.74, 6) is 0.891. The Labute approximate surface area is 204 Å². The fourth-order valence-electron chi connectivity index (χ4n) is 3.47. The summed E-state index contributed by atoms with van der Waals surface area (Å²) in [6.45, 7) is 1.14. The number of Topliss-reactive ketones (excluding diaryl/α,β-unsaturated/α-hetero) is 1. The zero-order chi connectivity index (χ0) is 25.0. The summed E-state index contributed by atoms with van der Waals surface area (Å²) in [4.78, 5) is 24.4. The van der Waals surface area contributed by atoms with Crippen molar-refractivity contribution in [3.05, 3.63) is 90.0 Å². The van der Waals surface area contributed by atoms with Crippen LogP contribution in [-0.4, -0.2) is 48.0 Å². The lowest BCUT2D eigenvalue weighted by molar-refractivity contribution is 0.00751. The fraction of sp³-hybridized carbons (Fsp3) is 0.259. The van der Waals surface area contributed by atoms with Gasteiger partial charge < -0.3 is 24.4 Å². The second kappa shape index (κ2) is 13.1.